The van der Waals surface area contributed by atoms with Crippen molar-refractivity contribution in [2.24, 2.45) is 0 Å². The summed E-state index contributed by atoms with van der Waals surface area (Å²) in [6.07, 6.45) is -1.05. The molecule has 0 amide bonds. The van der Waals surface area contributed by atoms with Crippen LogP contribution >= 0.6 is 43.1 Å². The van der Waals surface area contributed by atoms with Crippen LogP contribution in [0.2, 0.25) is 0 Å². The van der Waals surface area contributed by atoms with Gasteiger partial charge in [-0.1, -0.05) is 0 Å². The summed E-state index contributed by atoms with van der Waals surface area (Å²) in [5.41, 5.74) is 0. The Hall–Kier alpha value is 1.03. The average molecular weight is 332 g/mol. The summed E-state index contributed by atoms with van der Waals surface area (Å²) in [7, 11) is -8.79. The van der Waals surface area contributed by atoms with Gasteiger partial charge in [-0.15, -0.1) is 3.45 Å². The van der Waals surface area contributed by atoms with E-state index < -0.39 is 33.6 Å². The second-order valence-electron chi connectivity index (χ2n) is 2.51. The van der Waals surface area contributed by atoms with Gasteiger partial charge >= 0.3 is 15.2 Å². The first-order chi connectivity index (χ1) is 6.04. The summed E-state index contributed by atoms with van der Waals surface area (Å²) in [6, 6.07) is 0. The van der Waals surface area contributed by atoms with Crippen molar-refractivity contribution in [3.05, 3.63) is 0 Å². The van der Waals surface area contributed by atoms with Crippen LogP contribution in [0.3, 0.4) is 0 Å². The van der Waals surface area contributed by atoms with E-state index in [9.17, 15) is 9.13 Å². The van der Waals surface area contributed by atoms with E-state index in [2.05, 4.69) is 16.1 Å². The summed E-state index contributed by atoms with van der Waals surface area (Å²) in [5, 5.41) is 0. The molecule has 0 aromatic carbocycles. The molecule has 0 saturated carbocycles. The molecule has 11 heteroatoms. The summed E-state index contributed by atoms with van der Waals surface area (Å²) in [5.74, 6) is -1.46. The van der Waals surface area contributed by atoms with Crippen molar-refractivity contribution in [3.8, 4) is 0 Å². The minimum absolute atomic E-state index is 0.413. The Morgan fingerprint density at radius 3 is 1.93 bits per heavy atom. The first kappa shape index (κ1) is 15.0. The zero-order valence-corrected chi connectivity index (χ0v) is 10.8. The van der Waals surface area contributed by atoms with Crippen molar-refractivity contribution in [2.45, 2.75) is 12.2 Å². The lowest BCUT2D eigenvalue weighted by Gasteiger charge is -2.20. The van der Waals surface area contributed by atoms with Crippen LogP contribution in [0.25, 0.3) is 0 Å². The van der Waals surface area contributed by atoms with Gasteiger partial charge in [0.15, 0.2) is 0 Å². The number of rotatable bonds is 5. The number of hydrogen-bond donors (Lipinski definition) is 4. The number of hydrogen-bond acceptors (Lipinski definition) is 3. The SMILES string of the molecule is O=P(O)(O)CCC(N(Cl)Br)P(=O)(O)O. The van der Waals surface area contributed by atoms with E-state index >= 15 is 0 Å². The van der Waals surface area contributed by atoms with Crippen molar-refractivity contribution in [1.29, 1.82) is 0 Å². The lowest BCUT2D eigenvalue weighted by Crippen LogP contribution is -2.20. The molecular formula is C3H9BrClNO6P2. The van der Waals surface area contributed by atoms with E-state index in [-0.39, 0.29) is 0 Å². The molecule has 0 heterocycles. The maximum atomic E-state index is 10.8. The molecule has 0 aliphatic heterocycles. The van der Waals surface area contributed by atoms with E-state index in [1.807, 2.05) is 0 Å². The van der Waals surface area contributed by atoms with Gasteiger partial charge in [-0.3, -0.25) is 9.13 Å². The average Bonchev–Trinajstić information content (AvgIpc) is 1.79. The molecule has 0 saturated heterocycles. The highest BCUT2D eigenvalue weighted by Crippen LogP contribution is 2.49. The first-order valence-corrected chi connectivity index (χ1v) is 7.77. The van der Waals surface area contributed by atoms with Crippen molar-refractivity contribution >= 4 is 43.1 Å². The van der Waals surface area contributed by atoms with Gasteiger partial charge in [0.05, 0.1) is 6.16 Å². The van der Waals surface area contributed by atoms with Crippen LogP contribution in [0.4, 0.5) is 0 Å². The van der Waals surface area contributed by atoms with Crippen molar-refractivity contribution < 1.29 is 28.7 Å². The van der Waals surface area contributed by atoms with E-state index in [0.29, 0.717) is 3.45 Å². The van der Waals surface area contributed by atoms with Gasteiger partial charge in [-0.05, 0) is 18.2 Å². The minimum Gasteiger partial charge on any atom is -0.324 e. The molecule has 1 unspecified atom stereocenters. The Labute approximate surface area is 93.8 Å². The molecule has 0 aromatic rings. The zero-order valence-electron chi connectivity index (χ0n) is 6.69. The lowest BCUT2D eigenvalue weighted by molar-refractivity contribution is 0.336. The fraction of sp³-hybridized carbons (Fsp3) is 1.00. The second kappa shape index (κ2) is 5.39. The molecular weight excluding hydrogens is 323 g/mol. The van der Waals surface area contributed by atoms with E-state index in [4.69, 9.17) is 31.4 Å². The van der Waals surface area contributed by atoms with Crippen LogP contribution in [0, 0.1) is 0 Å². The molecule has 0 aliphatic rings. The Balaban J connectivity index is 4.43. The second-order valence-corrected chi connectivity index (χ2v) is 7.59. The van der Waals surface area contributed by atoms with Gasteiger partial charge in [0.25, 0.3) is 0 Å². The first-order valence-electron chi connectivity index (χ1n) is 3.24. The number of halogens is 2. The molecule has 0 bridgehead atoms. The minimum atomic E-state index is -4.51. The molecule has 0 rings (SSSR count). The maximum absolute atomic E-state index is 10.8. The molecule has 86 valence electrons. The molecule has 1 atom stereocenters. The smallest absolute Gasteiger partial charge is 0.324 e. The van der Waals surface area contributed by atoms with Gasteiger partial charge < -0.3 is 19.6 Å². The topological polar surface area (TPSA) is 118 Å². The predicted octanol–water partition coefficient (Wildman–Crippen LogP) is 0.824. The fourth-order valence-electron chi connectivity index (χ4n) is 0.663. The van der Waals surface area contributed by atoms with Crippen LogP contribution in [0.5, 0.6) is 0 Å². The van der Waals surface area contributed by atoms with E-state index in [1.165, 1.54) is 0 Å². The molecule has 0 spiro atoms. The Morgan fingerprint density at radius 2 is 1.71 bits per heavy atom. The Bertz CT molecular complexity index is 274. The normalized spacial score (nSPS) is 15.9. The van der Waals surface area contributed by atoms with Crippen LogP contribution in [-0.2, 0) is 9.13 Å². The van der Waals surface area contributed by atoms with Crippen LogP contribution in [0.1, 0.15) is 6.42 Å². The van der Waals surface area contributed by atoms with Gasteiger partial charge in [0, 0.05) is 16.1 Å². The lowest BCUT2D eigenvalue weighted by atomic mass is 10.5. The molecule has 0 fully saturated rings. The highest BCUT2D eigenvalue weighted by atomic mass is 79.9. The van der Waals surface area contributed by atoms with Gasteiger partial charge in [-0.2, -0.15) is 0 Å². The third-order valence-corrected chi connectivity index (χ3v) is 4.58. The van der Waals surface area contributed by atoms with Crippen LogP contribution in [-0.4, -0.2) is 35.0 Å². The molecule has 7 nitrogen and oxygen atoms in total. The summed E-state index contributed by atoms with van der Waals surface area (Å²) >= 11 is 7.86. The quantitative estimate of drug-likeness (QED) is 0.435. The Morgan fingerprint density at radius 1 is 1.29 bits per heavy atom. The van der Waals surface area contributed by atoms with E-state index in [1.54, 1.807) is 0 Å². The monoisotopic (exact) mass is 331 g/mol. The Kier molecular flexibility index (Phi) is 5.78. The van der Waals surface area contributed by atoms with Gasteiger partial charge in [0.1, 0.15) is 5.78 Å². The molecule has 4 N–H and O–H groups in total. The van der Waals surface area contributed by atoms with E-state index in [0.717, 1.165) is 0 Å². The standard InChI is InChI=1S/C3H9BrClNO6P2/c4-6(5)3(14(10,11)12)1-2-13(7,8)9/h3H,1-2H2,(H2,7,8,9)(H2,10,11,12). The summed E-state index contributed by atoms with van der Waals surface area (Å²) in [6.45, 7) is 0. The largest absolute Gasteiger partial charge is 0.344 e. The molecule has 0 radical (unpaired) electrons. The highest BCUT2D eigenvalue weighted by Gasteiger charge is 2.34. The van der Waals surface area contributed by atoms with Crippen LogP contribution < -0.4 is 0 Å². The highest BCUT2D eigenvalue weighted by molar-refractivity contribution is 9.08. The summed E-state index contributed by atoms with van der Waals surface area (Å²) in [4.78, 5) is 34.5. The van der Waals surface area contributed by atoms with Crippen LogP contribution in [0.15, 0.2) is 0 Å². The third kappa shape index (κ3) is 6.50. The van der Waals surface area contributed by atoms with Crippen molar-refractivity contribution in [3.63, 3.8) is 0 Å². The van der Waals surface area contributed by atoms with Crippen molar-refractivity contribution in [2.75, 3.05) is 6.16 Å². The van der Waals surface area contributed by atoms with Gasteiger partial charge in [0.2, 0.25) is 0 Å². The zero-order chi connectivity index (χ0) is 11.6. The van der Waals surface area contributed by atoms with Gasteiger partial charge in [-0.25, -0.2) is 0 Å². The summed E-state index contributed by atoms with van der Waals surface area (Å²) < 4.78 is 21.8. The molecule has 0 aliphatic carbocycles. The maximum Gasteiger partial charge on any atom is 0.344 e. The van der Waals surface area contributed by atoms with Crippen molar-refractivity contribution in [1.82, 2.24) is 3.45 Å². The predicted molar refractivity (Wildman–Crippen MR) is 54.0 cm³/mol. The molecule has 14 heavy (non-hydrogen) atoms. The third-order valence-electron chi connectivity index (χ3n) is 1.29. The fourth-order valence-corrected chi connectivity index (χ4v) is 3.50. The number of nitrogens with zero attached hydrogens (tertiary/aromatic N) is 1. The molecule has 0 aromatic heterocycles.